The van der Waals surface area contributed by atoms with Crippen LogP contribution in [0.3, 0.4) is 0 Å². The summed E-state index contributed by atoms with van der Waals surface area (Å²) in [7, 11) is 0. The summed E-state index contributed by atoms with van der Waals surface area (Å²) in [6.07, 6.45) is 0.815. The standard InChI is InChI=1S/C28H24ClN3OS3/c1-18-7-6-8-19(2)23(18)32-26(33)24-25(30-27(32)35-17-21-11-13-22(29)14-12-21)31(28(34)36-24)16-15-20-9-4-3-5-10-20/h3-14H,15-17H2,1-2H3. The third kappa shape index (κ3) is 5.06. The van der Waals surface area contributed by atoms with E-state index in [1.165, 1.54) is 16.9 Å². The summed E-state index contributed by atoms with van der Waals surface area (Å²) in [6.45, 7) is 4.73. The molecule has 2 heterocycles. The fourth-order valence-electron chi connectivity index (χ4n) is 4.24. The number of fused-ring (bicyclic) bond motifs is 1. The molecule has 0 saturated heterocycles. The summed E-state index contributed by atoms with van der Waals surface area (Å²) in [5, 5.41) is 1.35. The van der Waals surface area contributed by atoms with Gasteiger partial charge in [0.1, 0.15) is 4.70 Å². The minimum absolute atomic E-state index is 0.0782. The van der Waals surface area contributed by atoms with Gasteiger partial charge >= 0.3 is 0 Å². The van der Waals surface area contributed by atoms with Gasteiger partial charge in [-0.3, -0.25) is 9.36 Å². The van der Waals surface area contributed by atoms with Crippen LogP contribution in [0.4, 0.5) is 0 Å². The molecule has 5 aromatic rings. The van der Waals surface area contributed by atoms with Crippen molar-refractivity contribution in [1.29, 1.82) is 0 Å². The average molecular weight is 550 g/mol. The number of hydrogen-bond acceptors (Lipinski definition) is 5. The summed E-state index contributed by atoms with van der Waals surface area (Å²) < 4.78 is 5.02. The zero-order valence-corrected chi connectivity index (χ0v) is 23.1. The zero-order chi connectivity index (χ0) is 25.2. The predicted molar refractivity (Wildman–Crippen MR) is 155 cm³/mol. The van der Waals surface area contributed by atoms with E-state index >= 15 is 0 Å². The SMILES string of the molecule is Cc1cccc(C)c1-n1c(SCc2ccc(Cl)cc2)nc2c(sc(=S)n2CCc2ccccc2)c1=O. The van der Waals surface area contributed by atoms with Crippen LogP contribution in [-0.4, -0.2) is 14.1 Å². The molecule has 0 bridgehead atoms. The van der Waals surface area contributed by atoms with E-state index in [4.69, 9.17) is 28.8 Å². The van der Waals surface area contributed by atoms with Crippen molar-refractivity contribution in [1.82, 2.24) is 14.1 Å². The van der Waals surface area contributed by atoms with E-state index in [0.717, 1.165) is 28.8 Å². The number of thioether (sulfide) groups is 1. The van der Waals surface area contributed by atoms with Crippen molar-refractivity contribution in [2.75, 3.05) is 0 Å². The molecule has 0 atom stereocenters. The van der Waals surface area contributed by atoms with Gasteiger partial charge in [0.05, 0.1) is 5.69 Å². The fourth-order valence-corrected chi connectivity index (χ4v) is 6.62. The highest BCUT2D eigenvalue weighted by Gasteiger charge is 2.20. The summed E-state index contributed by atoms with van der Waals surface area (Å²) in [5.41, 5.74) is 5.85. The number of benzene rings is 3. The van der Waals surface area contributed by atoms with Gasteiger partial charge < -0.3 is 4.57 Å². The number of rotatable bonds is 7. The van der Waals surface area contributed by atoms with Crippen molar-refractivity contribution < 1.29 is 0 Å². The maximum absolute atomic E-state index is 14.0. The Labute approximate surface area is 228 Å². The second-order valence-electron chi connectivity index (χ2n) is 8.60. The summed E-state index contributed by atoms with van der Waals surface area (Å²) in [6, 6.07) is 24.1. The molecule has 0 saturated carbocycles. The van der Waals surface area contributed by atoms with Crippen molar-refractivity contribution in [3.63, 3.8) is 0 Å². The van der Waals surface area contributed by atoms with Crippen LogP contribution < -0.4 is 5.56 Å². The lowest BCUT2D eigenvalue weighted by Gasteiger charge is -2.17. The first-order valence-electron chi connectivity index (χ1n) is 11.6. The van der Waals surface area contributed by atoms with Crippen LogP contribution in [0, 0.1) is 17.8 Å². The molecular weight excluding hydrogens is 526 g/mol. The van der Waals surface area contributed by atoms with Gasteiger partial charge in [-0.2, -0.15) is 0 Å². The summed E-state index contributed by atoms with van der Waals surface area (Å²) >= 11 is 14.7. The molecule has 0 amide bonds. The van der Waals surface area contributed by atoms with Gasteiger partial charge in [0.15, 0.2) is 14.8 Å². The van der Waals surface area contributed by atoms with Crippen LogP contribution in [0.25, 0.3) is 16.0 Å². The van der Waals surface area contributed by atoms with E-state index in [2.05, 4.69) is 12.1 Å². The largest absolute Gasteiger partial charge is 0.307 e. The number of aryl methyl sites for hydroxylation is 4. The number of aromatic nitrogens is 3. The van der Waals surface area contributed by atoms with Crippen molar-refractivity contribution in [2.24, 2.45) is 0 Å². The van der Waals surface area contributed by atoms with Gasteiger partial charge in [0.25, 0.3) is 5.56 Å². The highest BCUT2D eigenvalue weighted by molar-refractivity contribution is 7.98. The summed E-state index contributed by atoms with van der Waals surface area (Å²) in [5.74, 6) is 0.662. The van der Waals surface area contributed by atoms with E-state index in [0.29, 0.717) is 36.8 Å². The van der Waals surface area contributed by atoms with E-state index in [1.807, 2.05) is 79.1 Å². The maximum atomic E-state index is 14.0. The monoisotopic (exact) mass is 549 g/mol. The number of thiazole rings is 1. The van der Waals surface area contributed by atoms with Crippen LogP contribution in [0.1, 0.15) is 22.3 Å². The van der Waals surface area contributed by atoms with Gasteiger partial charge in [-0.15, -0.1) is 0 Å². The minimum Gasteiger partial charge on any atom is -0.307 e. The van der Waals surface area contributed by atoms with Crippen LogP contribution in [0.2, 0.25) is 5.02 Å². The Morgan fingerprint density at radius 2 is 1.64 bits per heavy atom. The fraction of sp³-hybridized carbons (Fsp3) is 0.179. The Bertz CT molecular complexity index is 1630. The van der Waals surface area contributed by atoms with Crippen LogP contribution in [0.15, 0.2) is 82.7 Å². The van der Waals surface area contributed by atoms with Gasteiger partial charge in [-0.05, 0) is 66.9 Å². The van der Waals surface area contributed by atoms with Gasteiger partial charge in [-0.25, -0.2) is 4.98 Å². The van der Waals surface area contributed by atoms with Gasteiger partial charge in [0, 0.05) is 17.3 Å². The van der Waals surface area contributed by atoms with E-state index in [-0.39, 0.29) is 5.56 Å². The van der Waals surface area contributed by atoms with E-state index in [1.54, 1.807) is 16.3 Å². The molecule has 0 spiro atoms. The van der Waals surface area contributed by atoms with Gasteiger partial charge in [-0.1, -0.05) is 95.4 Å². The Hall–Kier alpha value is -2.71. The first kappa shape index (κ1) is 25.0. The number of halogens is 1. The normalized spacial score (nSPS) is 11.3. The Kier molecular flexibility index (Phi) is 7.44. The van der Waals surface area contributed by atoms with Crippen molar-refractivity contribution in [3.8, 4) is 5.69 Å². The molecule has 0 aliphatic carbocycles. The molecule has 0 aliphatic rings. The van der Waals surface area contributed by atoms with Gasteiger partial charge in [0.2, 0.25) is 0 Å². The lowest BCUT2D eigenvalue weighted by atomic mass is 10.1. The first-order valence-corrected chi connectivity index (χ1v) is 14.2. The molecule has 4 nitrogen and oxygen atoms in total. The smallest absolute Gasteiger partial charge is 0.278 e. The molecular formula is C28H24ClN3OS3. The predicted octanol–water partition coefficient (Wildman–Crippen LogP) is 7.78. The lowest BCUT2D eigenvalue weighted by Crippen LogP contribution is -2.23. The third-order valence-corrected chi connectivity index (χ3v) is 8.76. The Morgan fingerprint density at radius 1 is 0.944 bits per heavy atom. The van der Waals surface area contributed by atoms with Crippen molar-refractivity contribution in [2.45, 2.75) is 37.7 Å². The quantitative estimate of drug-likeness (QED) is 0.118. The molecule has 8 heteroatoms. The third-order valence-electron chi connectivity index (χ3n) is 6.07. The highest BCUT2D eigenvalue weighted by Crippen LogP contribution is 2.30. The number of nitrogens with zero attached hydrogens (tertiary/aromatic N) is 3. The van der Waals surface area contributed by atoms with Crippen molar-refractivity contribution >= 4 is 57.3 Å². The molecule has 0 unspecified atom stereocenters. The first-order chi connectivity index (χ1) is 17.4. The molecule has 182 valence electrons. The Morgan fingerprint density at radius 3 is 2.33 bits per heavy atom. The molecule has 36 heavy (non-hydrogen) atoms. The number of para-hydroxylation sites is 1. The second kappa shape index (κ2) is 10.7. The molecule has 0 radical (unpaired) electrons. The van der Waals surface area contributed by atoms with Crippen molar-refractivity contribution in [3.05, 3.63) is 114 Å². The summed E-state index contributed by atoms with van der Waals surface area (Å²) in [4.78, 5) is 19.1. The molecule has 2 aromatic heterocycles. The minimum atomic E-state index is -0.0782. The van der Waals surface area contributed by atoms with E-state index in [9.17, 15) is 4.79 Å². The molecule has 0 fully saturated rings. The molecule has 3 aromatic carbocycles. The molecule has 0 N–H and O–H groups in total. The van der Waals surface area contributed by atoms with Crippen LogP contribution in [-0.2, 0) is 18.7 Å². The molecule has 0 aliphatic heterocycles. The average Bonchev–Trinajstić information content (AvgIpc) is 3.19. The van der Waals surface area contributed by atoms with Crippen LogP contribution in [0.5, 0.6) is 0 Å². The second-order valence-corrected chi connectivity index (χ2v) is 11.6. The van der Waals surface area contributed by atoms with Crippen LogP contribution >= 0.6 is 46.9 Å². The number of hydrogen-bond donors (Lipinski definition) is 0. The Balaban J connectivity index is 1.64. The maximum Gasteiger partial charge on any atom is 0.278 e. The zero-order valence-electron chi connectivity index (χ0n) is 19.9. The highest BCUT2D eigenvalue weighted by atomic mass is 35.5. The topological polar surface area (TPSA) is 39.8 Å². The lowest BCUT2D eigenvalue weighted by molar-refractivity contribution is 0.700. The van der Waals surface area contributed by atoms with E-state index < -0.39 is 0 Å². The molecule has 5 rings (SSSR count).